The Labute approximate surface area is 222 Å². The number of fused-ring (bicyclic) bond motifs is 1. The summed E-state index contributed by atoms with van der Waals surface area (Å²) in [6.07, 6.45) is 3.19. The predicted molar refractivity (Wildman–Crippen MR) is 141 cm³/mol. The number of halogens is 1. The first-order valence-electron chi connectivity index (χ1n) is 12.6. The number of rotatable bonds is 8. The molecule has 2 atom stereocenters. The largest absolute Gasteiger partial charge is 0.502 e. The highest BCUT2D eigenvalue weighted by atomic mass is 31.2. The predicted octanol–water partition coefficient (Wildman–Crippen LogP) is 3.22. The van der Waals surface area contributed by atoms with E-state index in [1.807, 2.05) is 13.8 Å². The number of aromatic nitrogens is 1. The number of hydrogen-bond donors (Lipinski definition) is 2. The Kier molecular flexibility index (Phi) is 8.11. The monoisotopic (exact) mass is 548 g/mol. The minimum atomic E-state index is -1.16. The Morgan fingerprint density at radius 2 is 1.92 bits per heavy atom. The maximum Gasteiger partial charge on any atom is 0.278 e. The van der Waals surface area contributed by atoms with E-state index >= 15 is 0 Å². The molecule has 1 saturated carbocycles. The van der Waals surface area contributed by atoms with Crippen molar-refractivity contribution < 1.29 is 28.1 Å². The van der Waals surface area contributed by atoms with Crippen LogP contribution in [-0.4, -0.2) is 65.1 Å². The lowest BCUT2D eigenvalue weighted by atomic mass is 10.0. The Bertz CT molecular complexity index is 1300. The number of nitrogens with zero attached hydrogens (tertiary/aromatic N) is 3. The molecule has 1 spiro atoms. The molecular weight excluding hydrogens is 514 g/mol. The number of amides is 2. The molecule has 4 rings (SSSR count). The van der Waals surface area contributed by atoms with Crippen LogP contribution in [0.1, 0.15) is 65.1 Å². The van der Waals surface area contributed by atoms with E-state index in [4.69, 9.17) is 9.05 Å². The second kappa shape index (κ2) is 11.0. The number of nitrogens with one attached hydrogen (secondary N) is 1. The minimum absolute atomic E-state index is 0.0734. The molecule has 1 aromatic carbocycles. The van der Waals surface area contributed by atoms with Crippen molar-refractivity contribution in [2.75, 3.05) is 32.3 Å². The van der Waals surface area contributed by atoms with Gasteiger partial charge in [-0.3, -0.25) is 24.1 Å². The van der Waals surface area contributed by atoms with Gasteiger partial charge < -0.3 is 24.4 Å². The molecule has 2 amide bonds. The second-order valence-corrected chi connectivity index (χ2v) is 11.4. The van der Waals surface area contributed by atoms with Gasteiger partial charge in [0.15, 0.2) is 19.8 Å². The summed E-state index contributed by atoms with van der Waals surface area (Å²) in [7, 11) is 2.24. The number of aromatic hydroxyl groups is 1. The van der Waals surface area contributed by atoms with E-state index in [1.165, 1.54) is 16.9 Å². The van der Waals surface area contributed by atoms with Crippen molar-refractivity contribution in [2.24, 2.45) is 0 Å². The van der Waals surface area contributed by atoms with Crippen LogP contribution in [0, 0.1) is 12.7 Å². The van der Waals surface area contributed by atoms with Crippen LogP contribution < -0.4 is 15.8 Å². The van der Waals surface area contributed by atoms with Crippen molar-refractivity contribution in [3.63, 3.8) is 0 Å². The van der Waals surface area contributed by atoms with Crippen molar-refractivity contribution in [3.05, 3.63) is 62.8 Å². The lowest BCUT2D eigenvalue weighted by Gasteiger charge is -2.51. The molecule has 2 aromatic rings. The van der Waals surface area contributed by atoms with Gasteiger partial charge in [-0.05, 0) is 45.2 Å². The van der Waals surface area contributed by atoms with Gasteiger partial charge in [-0.2, -0.15) is 0 Å². The molecule has 206 valence electrons. The number of hydrogen-bond acceptors (Lipinski definition) is 7. The molecular formula is C26H34FN4O6P. The van der Waals surface area contributed by atoms with Crippen LogP contribution in [0.25, 0.3) is 0 Å². The zero-order valence-electron chi connectivity index (χ0n) is 22.3. The molecule has 0 saturated heterocycles. The number of carbonyl (C=O) groups is 2. The Hall–Kier alpha value is -3.01. The van der Waals surface area contributed by atoms with E-state index in [0.29, 0.717) is 26.1 Å². The first-order valence-corrected chi connectivity index (χ1v) is 13.9. The summed E-state index contributed by atoms with van der Waals surface area (Å²) < 4.78 is 27.4. The van der Waals surface area contributed by atoms with Crippen LogP contribution >= 0.6 is 8.38 Å². The van der Waals surface area contributed by atoms with E-state index in [1.54, 1.807) is 43.1 Å². The van der Waals surface area contributed by atoms with Gasteiger partial charge in [-0.25, -0.2) is 4.39 Å². The average Bonchev–Trinajstić information content (AvgIpc) is 3.33. The quantitative estimate of drug-likeness (QED) is 0.487. The summed E-state index contributed by atoms with van der Waals surface area (Å²) in [5.74, 6) is -2.59. The maximum absolute atomic E-state index is 14.2. The van der Waals surface area contributed by atoms with Crippen molar-refractivity contribution in [3.8, 4) is 5.75 Å². The molecule has 1 aliphatic carbocycles. The first-order chi connectivity index (χ1) is 18.0. The highest BCUT2D eigenvalue weighted by Gasteiger charge is 2.54. The Morgan fingerprint density at radius 3 is 2.55 bits per heavy atom. The molecule has 0 radical (unpaired) electrons. The normalized spacial score (nSPS) is 20.9. The minimum Gasteiger partial charge on any atom is -0.502 e. The van der Waals surface area contributed by atoms with Crippen LogP contribution in [0.4, 0.5) is 4.39 Å². The smallest absolute Gasteiger partial charge is 0.278 e. The molecule has 1 unspecified atom stereocenters. The van der Waals surface area contributed by atoms with E-state index in [-0.39, 0.29) is 29.0 Å². The number of aryl methyl sites for hydroxylation is 1. The summed E-state index contributed by atoms with van der Waals surface area (Å²) >= 11 is 0. The van der Waals surface area contributed by atoms with Crippen molar-refractivity contribution in [1.29, 1.82) is 0 Å². The van der Waals surface area contributed by atoms with Gasteiger partial charge in [0, 0.05) is 44.5 Å². The average molecular weight is 549 g/mol. The fourth-order valence-corrected chi connectivity index (χ4v) is 7.07. The summed E-state index contributed by atoms with van der Waals surface area (Å²) in [5, 5.41) is 15.1. The summed E-state index contributed by atoms with van der Waals surface area (Å²) in [5.41, 5.74) is -1.23. The van der Waals surface area contributed by atoms with Crippen molar-refractivity contribution >= 4 is 20.2 Å². The number of benzene rings is 1. The summed E-state index contributed by atoms with van der Waals surface area (Å²) in [4.78, 5) is 41.0. The standard InChI is InChI=1S/C26H34FN4O6P/c1-6-36-38(37-7-2)18-10-11-26(13-18)29(4)25(35)21-23(33)22(32)19(15-31(21)30(26)5)24(34)28-14-17-9-8-16(3)12-20(17)27/h8-9,12,15,18,33H,6-7,10-11,13-14H2,1-5H3,(H,28,34)/t18-,26?/m1/s1. The molecule has 2 aliphatic rings. The molecule has 12 heteroatoms. The Balaban J connectivity index is 1.66. The Morgan fingerprint density at radius 1 is 1.24 bits per heavy atom. The molecule has 2 N–H and O–H groups in total. The molecule has 38 heavy (non-hydrogen) atoms. The third-order valence-electron chi connectivity index (χ3n) is 7.37. The molecule has 1 fully saturated rings. The van der Waals surface area contributed by atoms with E-state index in [0.717, 1.165) is 12.0 Å². The third-order valence-corrected chi connectivity index (χ3v) is 9.43. The van der Waals surface area contributed by atoms with E-state index in [2.05, 4.69) is 5.32 Å². The van der Waals surface area contributed by atoms with Crippen LogP contribution in [-0.2, 0) is 15.6 Å². The van der Waals surface area contributed by atoms with E-state index in [9.17, 15) is 23.9 Å². The number of pyridine rings is 1. The third kappa shape index (κ3) is 4.79. The molecule has 1 aliphatic heterocycles. The molecule has 10 nitrogen and oxygen atoms in total. The van der Waals surface area contributed by atoms with Gasteiger partial charge >= 0.3 is 0 Å². The van der Waals surface area contributed by atoms with Crippen LogP contribution in [0.2, 0.25) is 0 Å². The van der Waals surface area contributed by atoms with Gasteiger partial charge in [0.25, 0.3) is 11.8 Å². The lowest BCUT2D eigenvalue weighted by molar-refractivity contribution is 0.0403. The van der Waals surface area contributed by atoms with Crippen LogP contribution in [0.3, 0.4) is 0 Å². The fourth-order valence-electron chi connectivity index (χ4n) is 5.28. The molecule has 1 aromatic heterocycles. The lowest BCUT2D eigenvalue weighted by Crippen LogP contribution is -2.67. The highest BCUT2D eigenvalue weighted by Crippen LogP contribution is 2.55. The van der Waals surface area contributed by atoms with Gasteiger partial charge in [0.2, 0.25) is 5.43 Å². The first kappa shape index (κ1) is 28.0. The highest BCUT2D eigenvalue weighted by molar-refractivity contribution is 7.48. The van der Waals surface area contributed by atoms with Gasteiger partial charge in [0.05, 0.1) is 13.2 Å². The van der Waals surface area contributed by atoms with Crippen LogP contribution in [0.5, 0.6) is 5.75 Å². The number of carbonyl (C=O) groups excluding carboxylic acids is 2. The maximum atomic E-state index is 14.2. The zero-order chi connectivity index (χ0) is 27.8. The zero-order valence-corrected chi connectivity index (χ0v) is 23.2. The van der Waals surface area contributed by atoms with Crippen molar-refractivity contribution in [1.82, 2.24) is 14.9 Å². The van der Waals surface area contributed by atoms with E-state index < -0.39 is 42.8 Å². The van der Waals surface area contributed by atoms with Crippen molar-refractivity contribution in [2.45, 2.75) is 57.9 Å². The van der Waals surface area contributed by atoms with Gasteiger partial charge in [-0.1, -0.05) is 12.1 Å². The van der Waals surface area contributed by atoms with Gasteiger partial charge in [0.1, 0.15) is 17.0 Å². The molecule has 2 heterocycles. The molecule has 0 bridgehead atoms. The van der Waals surface area contributed by atoms with Crippen LogP contribution in [0.15, 0.2) is 29.2 Å². The summed E-state index contributed by atoms with van der Waals surface area (Å²) in [6, 6.07) is 4.64. The topological polar surface area (TPSA) is 113 Å². The summed E-state index contributed by atoms with van der Waals surface area (Å²) in [6.45, 7) is 6.47. The fraction of sp³-hybridized carbons (Fsp3) is 0.500. The SMILES string of the molecule is CCOP(OCC)[C@@H]1CCC2(C1)N(C)C(=O)c1c(O)c(=O)c(C(=O)NCc3ccc(C)cc3F)cn1N2C. The van der Waals surface area contributed by atoms with Gasteiger partial charge in [-0.15, -0.1) is 0 Å². The second-order valence-electron chi connectivity index (χ2n) is 9.58.